The van der Waals surface area contributed by atoms with Gasteiger partial charge >= 0.3 is 0 Å². The van der Waals surface area contributed by atoms with E-state index in [1.165, 1.54) is 37.9 Å². The highest BCUT2D eigenvalue weighted by Gasteiger charge is 2.22. The van der Waals surface area contributed by atoms with Gasteiger partial charge in [-0.05, 0) is 88.2 Å². The van der Waals surface area contributed by atoms with Gasteiger partial charge in [-0.25, -0.2) is 0 Å². The van der Waals surface area contributed by atoms with Crippen LogP contribution in [0.25, 0.3) is 0 Å². The van der Waals surface area contributed by atoms with E-state index in [0.717, 1.165) is 36.8 Å². The van der Waals surface area contributed by atoms with Gasteiger partial charge in [0.1, 0.15) is 0 Å². The zero-order chi connectivity index (χ0) is 28.0. The lowest BCUT2D eigenvalue weighted by atomic mass is 10.1. The summed E-state index contributed by atoms with van der Waals surface area (Å²) in [4.78, 5) is 31.0. The van der Waals surface area contributed by atoms with Crippen molar-refractivity contribution in [1.29, 1.82) is 0 Å². The van der Waals surface area contributed by atoms with Crippen molar-refractivity contribution in [1.82, 2.24) is 15.1 Å². The van der Waals surface area contributed by atoms with Gasteiger partial charge in [0.15, 0.2) is 0 Å². The van der Waals surface area contributed by atoms with E-state index in [1.54, 1.807) is 11.8 Å². The van der Waals surface area contributed by atoms with E-state index in [1.807, 2.05) is 55.1 Å². The Morgan fingerprint density at radius 3 is 2.10 bits per heavy atom. The van der Waals surface area contributed by atoms with Crippen LogP contribution in [-0.2, 0) is 16.0 Å². The first-order chi connectivity index (χ1) is 18.8. The third-order valence-electron chi connectivity index (χ3n) is 7.07. The summed E-state index contributed by atoms with van der Waals surface area (Å²) in [6, 6.07) is 15.3. The van der Waals surface area contributed by atoms with Crippen LogP contribution in [-0.4, -0.2) is 86.7 Å². The summed E-state index contributed by atoms with van der Waals surface area (Å²) in [7, 11) is 0. The summed E-state index contributed by atoms with van der Waals surface area (Å²) in [6.07, 6.45) is 5.31. The fraction of sp³-hybridized carbons (Fsp3) is 0.548. The molecule has 2 amide bonds. The molecule has 0 unspecified atom stereocenters. The summed E-state index contributed by atoms with van der Waals surface area (Å²) in [5.41, 5.74) is 2.70. The second-order valence-corrected chi connectivity index (χ2v) is 10.9. The molecule has 4 rings (SSSR count). The Labute approximate surface area is 239 Å². The predicted molar refractivity (Wildman–Crippen MR) is 160 cm³/mol. The van der Waals surface area contributed by atoms with E-state index in [2.05, 4.69) is 22.3 Å². The lowest BCUT2D eigenvalue weighted by molar-refractivity contribution is -0.116. The molecule has 0 saturated carbocycles. The van der Waals surface area contributed by atoms with Crippen LogP contribution >= 0.6 is 11.6 Å². The largest absolute Gasteiger partial charge is 0.377 e. The monoisotopic (exact) mass is 556 g/mol. The number of benzene rings is 2. The van der Waals surface area contributed by atoms with Gasteiger partial charge in [-0.3, -0.25) is 14.5 Å². The lowest BCUT2D eigenvalue weighted by Crippen LogP contribution is -2.49. The number of rotatable bonds is 9. The van der Waals surface area contributed by atoms with Gasteiger partial charge in [0.05, 0.1) is 12.7 Å². The predicted octanol–water partition coefficient (Wildman–Crippen LogP) is 4.88. The molecule has 0 atom stereocenters. The number of nitrogens with one attached hydrogen (secondary N) is 1. The Morgan fingerprint density at radius 2 is 1.59 bits per heavy atom. The lowest BCUT2D eigenvalue weighted by Gasteiger charge is -2.35. The first kappa shape index (κ1) is 31.1. The first-order valence-corrected chi connectivity index (χ1v) is 14.7. The van der Waals surface area contributed by atoms with Crippen LogP contribution < -0.4 is 10.2 Å². The van der Waals surface area contributed by atoms with E-state index in [4.69, 9.17) is 16.3 Å². The van der Waals surface area contributed by atoms with Gasteiger partial charge in [-0.2, -0.15) is 0 Å². The number of hydrogen-bond donors (Lipinski definition) is 1. The van der Waals surface area contributed by atoms with Crippen molar-refractivity contribution in [3.63, 3.8) is 0 Å². The Morgan fingerprint density at radius 1 is 0.949 bits per heavy atom. The summed E-state index contributed by atoms with van der Waals surface area (Å²) < 4.78 is 5.58. The highest BCUT2D eigenvalue weighted by atomic mass is 35.5. The molecule has 2 aliphatic heterocycles. The standard InChI is InChI=1S/C26H34ClN3O3.C5H11N/c1-20(2)33-19-18-30(21(3)31)25-10-6-23(7-11-25)26(32)29-16-14-28(15-17-29)13-12-22-4-8-24(27)9-5-22;1-2-4-6-5-3-1/h4-11,20H,12-19H2,1-3H3;6H,1-5H2. The summed E-state index contributed by atoms with van der Waals surface area (Å²) in [5.74, 6) is -0.00688. The normalized spacial score (nSPS) is 16.0. The van der Waals surface area contributed by atoms with Crippen molar-refractivity contribution in [3.05, 3.63) is 64.7 Å². The number of carbonyl (C=O) groups is 2. The molecule has 2 fully saturated rings. The molecule has 1 N–H and O–H groups in total. The number of carbonyl (C=O) groups excluding carboxylic acids is 2. The molecular formula is C31H45ClN4O3. The minimum Gasteiger partial charge on any atom is -0.377 e. The van der Waals surface area contributed by atoms with Crippen molar-refractivity contribution >= 4 is 29.1 Å². The van der Waals surface area contributed by atoms with Crippen LogP contribution in [0.2, 0.25) is 5.02 Å². The molecule has 2 heterocycles. The van der Waals surface area contributed by atoms with Crippen LogP contribution in [0.1, 0.15) is 56.0 Å². The van der Waals surface area contributed by atoms with E-state index in [9.17, 15) is 9.59 Å². The van der Waals surface area contributed by atoms with Gasteiger partial charge in [0.25, 0.3) is 5.91 Å². The van der Waals surface area contributed by atoms with Crippen LogP contribution in [0.4, 0.5) is 5.69 Å². The van der Waals surface area contributed by atoms with E-state index in [0.29, 0.717) is 31.8 Å². The van der Waals surface area contributed by atoms with Crippen LogP contribution in [0.3, 0.4) is 0 Å². The molecule has 0 radical (unpaired) electrons. The number of amides is 2. The second kappa shape index (κ2) is 16.6. The molecule has 2 aromatic carbocycles. The average molecular weight is 557 g/mol. The molecule has 0 bridgehead atoms. The van der Waals surface area contributed by atoms with Crippen molar-refractivity contribution in [3.8, 4) is 0 Å². The molecule has 2 aromatic rings. The summed E-state index contributed by atoms with van der Waals surface area (Å²) in [6.45, 7) is 13.1. The van der Waals surface area contributed by atoms with Crippen LogP contribution in [0, 0.1) is 0 Å². The second-order valence-electron chi connectivity index (χ2n) is 10.5. The molecule has 0 spiro atoms. The van der Waals surface area contributed by atoms with Crippen molar-refractivity contribution in [2.24, 2.45) is 0 Å². The smallest absolute Gasteiger partial charge is 0.253 e. The number of halogens is 1. The molecule has 39 heavy (non-hydrogen) atoms. The average Bonchev–Trinajstić information content (AvgIpc) is 2.96. The van der Waals surface area contributed by atoms with E-state index >= 15 is 0 Å². The minimum absolute atomic E-state index is 0.0383. The summed E-state index contributed by atoms with van der Waals surface area (Å²) in [5, 5.41) is 4.04. The Kier molecular flexibility index (Phi) is 13.2. The highest BCUT2D eigenvalue weighted by Crippen LogP contribution is 2.18. The number of anilines is 1. The number of hydrogen-bond acceptors (Lipinski definition) is 5. The Balaban J connectivity index is 0.000000617. The number of piperazine rings is 1. The Bertz CT molecular complexity index is 990. The number of piperidine rings is 1. The van der Waals surface area contributed by atoms with Crippen LogP contribution in [0.15, 0.2) is 48.5 Å². The van der Waals surface area contributed by atoms with Gasteiger partial charge in [0.2, 0.25) is 5.91 Å². The first-order valence-electron chi connectivity index (χ1n) is 14.3. The third kappa shape index (κ3) is 10.9. The molecule has 2 aliphatic rings. The molecule has 214 valence electrons. The number of nitrogens with zero attached hydrogens (tertiary/aromatic N) is 3. The third-order valence-corrected chi connectivity index (χ3v) is 7.32. The van der Waals surface area contributed by atoms with Crippen LogP contribution in [0.5, 0.6) is 0 Å². The number of ether oxygens (including phenoxy) is 1. The zero-order valence-corrected chi connectivity index (χ0v) is 24.6. The van der Waals surface area contributed by atoms with Gasteiger partial charge in [0, 0.05) is 62.5 Å². The van der Waals surface area contributed by atoms with Gasteiger partial charge < -0.3 is 19.9 Å². The van der Waals surface area contributed by atoms with Gasteiger partial charge in [-0.1, -0.05) is 30.2 Å². The molecular weight excluding hydrogens is 512 g/mol. The molecule has 0 aliphatic carbocycles. The van der Waals surface area contributed by atoms with E-state index < -0.39 is 0 Å². The topological polar surface area (TPSA) is 65.1 Å². The van der Waals surface area contributed by atoms with Gasteiger partial charge in [-0.15, -0.1) is 0 Å². The summed E-state index contributed by atoms with van der Waals surface area (Å²) >= 11 is 5.95. The minimum atomic E-state index is -0.0452. The van der Waals surface area contributed by atoms with Crippen molar-refractivity contribution in [2.75, 3.05) is 63.9 Å². The fourth-order valence-electron chi connectivity index (χ4n) is 4.73. The molecule has 7 nitrogen and oxygen atoms in total. The maximum atomic E-state index is 13.0. The maximum absolute atomic E-state index is 13.0. The van der Waals surface area contributed by atoms with E-state index in [-0.39, 0.29) is 17.9 Å². The van der Waals surface area contributed by atoms with Crippen molar-refractivity contribution < 1.29 is 14.3 Å². The highest BCUT2D eigenvalue weighted by molar-refractivity contribution is 6.30. The quantitative estimate of drug-likeness (QED) is 0.477. The fourth-order valence-corrected chi connectivity index (χ4v) is 4.86. The maximum Gasteiger partial charge on any atom is 0.253 e. The molecule has 8 heteroatoms. The Hall–Kier alpha value is -2.45. The molecule has 0 aromatic heterocycles. The van der Waals surface area contributed by atoms with Crippen molar-refractivity contribution in [2.45, 2.75) is 52.6 Å². The zero-order valence-electron chi connectivity index (χ0n) is 23.8. The SMILES string of the molecule is C1CCNCC1.CC(=O)N(CCOC(C)C)c1ccc(C(=O)N2CCN(CCc3ccc(Cl)cc3)CC2)cc1. The molecule has 2 saturated heterocycles.